The van der Waals surface area contributed by atoms with Crippen molar-refractivity contribution in [1.29, 1.82) is 0 Å². The number of benzene rings is 2. The molecule has 0 bridgehead atoms. The van der Waals surface area contributed by atoms with Crippen molar-refractivity contribution in [3.8, 4) is 11.1 Å². The number of amides is 1. The van der Waals surface area contributed by atoms with Crippen molar-refractivity contribution in [2.24, 2.45) is 5.92 Å². The summed E-state index contributed by atoms with van der Waals surface area (Å²) in [5, 5.41) is 4.25. The van der Waals surface area contributed by atoms with E-state index in [1.807, 2.05) is 54.7 Å². The van der Waals surface area contributed by atoms with E-state index < -0.39 is 0 Å². The van der Waals surface area contributed by atoms with Gasteiger partial charge in [0, 0.05) is 31.2 Å². The molecular formula is C24H22Cl2N2O2. The smallest absolute Gasteiger partial charge is 0.251 e. The van der Waals surface area contributed by atoms with Crippen LogP contribution in [0.2, 0.25) is 10.0 Å². The highest BCUT2D eigenvalue weighted by Crippen LogP contribution is 2.31. The molecule has 1 fully saturated rings. The van der Waals surface area contributed by atoms with Crippen LogP contribution < -0.4 is 5.32 Å². The van der Waals surface area contributed by atoms with Crippen LogP contribution in [0.4, 0.5) is 0 Å². The first-order valence-electron chi connectivity index (χ1n) is 9.96. The molecule has 0 radical (unpaired) electrons. The lowest BCUT2D eigenvalue weighted by Crippen LogP contribution is -2.36. The van der Waals surface area contributed by atoms with Gasteiger partial charge in [-0.3, -0.25) is 9.78 Å². The predicted octanol–water partition coefficient (Wildman–Crippen LogP) is 5.95. The van der Waals surface area contributed by atoms with E-state index >= 15 is 0 Å². The van der Waals surface area contributed by atoms with Gasteiger partial charge in [-0.1, -0.05) is 47.5 Å². The maximum absolute atomic E-state index is 13.0. The summed E-state index contributed by atoms with van der Waals surface area (Å²) in [5.41, 5.74) is 3.55. The SMILES string of the molecule is O=C(NC(c1cccnc1)C1CCOCC1)c1ccc(-c2ccc(Cl)c(Cl)c2)cc1. The van der Waals surface area contributed by atoms with Gasteiger partial charge in [-0.05, 0) is 65.8 Å². The number of hydrogen-bond acceptors (Lipinski definition) is 3. The Hall–Kier alpha value is -2.40. The fourth-order valence-corrected chi connectivity index (χ4v) is 4.09. The molecule has 3 aromatic rings. The quantitative estimate of drug-likeness (QED) is 0.532. The fourth-order valence-electron chi connectivity index (χ4n) is 3.80. The van der Waals surface area contributed by atoms with Crippen molar-refractivity contribution in [3.05, 3.63) is 88.2 Å². The molecule has 1 aliphatic rings. The van der Waals surface area contributed by atoms with Gasteiger partial charge < -0.3 is 10.1 Å². The molecule has 1 aliphatic heterocycles. The highest BCUT2D eigenvalue weighted by molar-refractivity contribution is 6.42. The Morgan fingerprint density at radius 3 is 2.40 bits per heavy atom. The number of rotatable bonds is 5. The van der Waals surface area contributed by atoms with Crippen LogP contribution in [-0.2, 0) is 4.74 Å². The average molecular weight is 441 g/mol. The van der Waals surface area contributed by atoms with Crippen LogP contribution >= 0.6 is 23.2 Å². The monoisotopic (exact) mass is 440 g/mol. The maximum Gasteiger partial charge on any atom is 0.251 e. The zero-order valence-electron chi connectivity index (χ0n) is 16.4. The second kappa shape index (κ2) is 9.61. The molecular weight excluding hydrogens is 419 g/mol. The van der Waals surface area contributed by atoms with Gasteiger partial charge in [0.2, 0.25) is 0 Å². The van der Waals surface area contributed by atoms with E-state index in [0.29, 0.717) is 21.5 Å². The van der Waals surface area contributed by atoms with E-state index in [-0.39, 0.29) is 11.9 Å². The third-order valence-corrected chi connectivity index (χ3v) is 6.21. The summed E-state index contributed by atoms with van der Waals surface area (Å²) in [5.74, 6) is 0.221. The third kappa shape index (κ3) is 4.84. The van der Waals surface area contributed by atoms with Crippen LogP contribution in [0, 0.1) is 5.92 Å². The number of pyridine rings is 1. The molecule has 1 aromatic heterocycles. The van der Waals surface area contributed by atoms with Crippen molar-refractivity contribution in [3.63, 3.8) is 0 Å². The van der Waals surface area contributed by atoms with Gasteiger partial charge in [0.05, 0.1) is 16.1 Å². The number of hydrogen-bond donors (Lipinski definition) is 1. The first-order valence-corrected chi connectivity index (χ1v) is 10.7. The van der Waals surface area contributed by atoms with E-state index in [1.54, 1.807) is 12.3 Å². The summed E-state index contributed by atoms with van der Waals surface area (Å²) >= 11 is 12.1. The summed E-state index contributed by atoms with van der Waals surface area (Å²) in [7, 11) is 0. The molecule has 0 spiro atoms. The molecule has 30 heavy (non-hydrogen) atoms. The molecule has 2 heterocycles. The fraction of sp³-hybridized carbons (Fsp3) is 0.250. The molecule has 1 N–H and O–H groups in total. The first-order chi connectivity index (χ1) is 14.6. The number of ether oxygens (including phenoxy) is 1. The molecule has 0 aliphatic carbocycles. The molecule has 1 amide bonds. The van der Waals surface area contributed by atoms with Crippen molar-refractivity contribution in [2.75, 3.05) is 13.2 Å². The molecule has 4 rings (SSSR count). The molecule has 1 saturated heterocycles. The molecule has 154 valence electrons. The van der Waals surface area contributed by atoms with Crippen LogP contribution in [-0.4, -0.2) is 24.1 Å². The van der Waals surface area contributed by atoms with Crippen LogP contribution in [0.1, 0.15) is 34.8 Å². The minimum atomic E-state index is -0.101. The second-order valence-corrected chi connectivity index (χ2v) is 8.21. The minimum Gasteiger partial charge on any atom is -0.381 e. The van der Waals surface area contributed by atoms with Crippen LogP contribution in [0.25, 0.3) is 11.1 Å². The maximum atomic E-state index is 13.0. The summed E-state index contributed by atoms with van der Waals surface area (Å²) < 4.78 is 5.50. The number of carbonyl (C=O) groups is 1. The van der Waals surface area contributed by atoms with E-state index in [9.17, 15) is 4.79 Å². The lowest BCUT2D eigenvalue weighted by molar-refractivity contribution is 0.0513. The van der Waals surface area contributed by atoms with Crippen molar-refractivity contribution in [1.82, 2.24) is 10.3 Å². The van der Waals surface area contributed by atoms with Gasteiger partial charge in [-0.2, -0.15) is 0 Å². The number of nitrogens with zero attached hydrogens (tertiary/aromatic N) is 1. The topological polar surface area (TPSA) is 51.2 Å². The Morgan fingerprint density at radius 1 is 1.00 bits per heavy atom. The van der Waals surface area contributed by atoms with Gasteiger partial charge in [0.1, 0.15) is 0 Å². The number of nitrogens with one attached hydrogen (secondary N) is 1. The zero-order valence-corrected chi connectivity index (χ0v) is 17.9. The summed E-state index contributed by atoms with van der Waals surface area (Å²) in [6, 6.07) is 16.8. The molecule has 2 aromatic carbocycles. The predicted molar refractivity (Wildman–Crippen MR) is 120 cm³/mol. The molecule has 1 atom stereocenters. The number of carbonyl (C=O) groups excluding carboxylic acids is 1. The van der Waals surface area contributed by atoms with E-state index in [2.05, 4.69) is 10.3 Å². The van der Waals surface area contributed by atoms with Crippen LogP contribution in [0.5, 0.6) is 0 Å². The molecule has 4 nitrogen and oxygen atoms in total. The third-order valence-electron chi connectivity index (χ3n) is 5.47. The second-order valence-electron chi connectivity index (χ2n) is 7.39. The summed E-state index contributed by atoms with van der Waals surface area (Å²) in [6.07, 6.45) is 5.40. The Balaban J connectivity index is 1.52. The van der Waals surface area contributed by atoms with Crippen LogP contribution in [0.15, 0.2) is 67.0 Å². The van der Waals surface area contributed by atoms with Gasteiger partial charge in [-0.15, -0.1) is 0 Å². The number of aromatic nitrogens is 1. The molecule has 6 heteroatoms. The average Bonchev–Trinajstić information content (AvgIpc) is 2.80. The standard InChI is InChI=1S/C24H22Cl2N2O2/c25-21-8-7-19(14-22(21)26)16-3-5-18(6-4-16)24(29)28-23(17-9-12-30-13-10-17)20-2-1-11-27-15-20/h1-8,11,14-15,17,23H,9-10,12-13H2,(H,28,29). The van der Waals surface area contributed by atoms with Gasteiger partial charge in [0.25, 0.3) is 5.91 Å². The Kier molecular flexibility index (Phi) is 6.68. The highest BCUT2D eigenvalue weighted by Gasteiger charge is 2.27. The minimum absolute atomic E-state index is 0.0927. The van der Waals surface area contributed by atoms with E-state index in [1.165, 1.54) is 0 Å². The zero-order chi connectivity index (χ0) is 20.9. The molecule has 0 saturated carbocycles. The summed E-state index contributed by atoms with van der Waals surface area (Å²) in [6.45, 7) is 1.44. The lowest BCUT2D eigenvalue weighted by atomic mass is 9.87. The molecule has 1 unspecified atom stereocenters. The Labute approximate surface area is 186 Å². The van der Waals surface area contributed by atoms with E-state index in [4.69, 9.17) is 27.9 Å². The van der Waals surface area contributed by atoms with Crippen molar-refractivity contribution >= 4 is 29.1 Å². The lowest BCUT2D eigenvalue weighted by Gasteiger charge is -2.31. The van der Waals surface area contributed by atoms with Gasteiger partial charge in [-0.25, -0.2) is 0 Å². The number of halogens is 2. The highest BCUT2D eigenvalue weighted by atomic mass is 35.5. The first kappa shape index (κ1) is 20.9. The van der Waals surface area contributed by atoms with Crippen LogP contribution in [0.3, 0.4) is 0 Å². The Bertz CT molecular complexity index is 1000. The Morgan fingerprint density at radius 2 is 1.73 bits per heavy atom. The van der Waals surface area contributed by atoms with Crippen molar-refractivity contribution < 1.29 is 9.53 Å². The van der Waals surface area contributed by atoms with Gasteiger partial charge >= 0.3 is 0 Å². The largest absolute Gasteiger partial charge is 0.381 e. The van der Waals surface area contributed by atoms with Crippen molar-refractivity contribution in [2.45, 2.75) is 18.9 Å². The normalized spacial score (nSPS) is 15.5. The van der Waals surface area contributed by atoms with E-state index in [0.717, 1.165) is 42.7 Å². The summed E-state index contributed by atoms with van der Waals surface area (Å²) in [4.78, 5) is 17.3. The van der Waals surface area contributed by atoms with Gasteiger partial charge in [0.15, 0.2) is 0 Å².